The van der Waals surface area contributed by atoms with Crippen LogP contribution in [-0.4, -0.2) is 15.2 Å². The topological polar surface area (TPSA) is 59.2 Å². The zero-order valence-corrected chi connectivity index (χ0v) is 11.4. The standard InChI is InChI=1S/C16H13FN2O2/c1-10-6-7-12(8-14(10)20)16-18-15(19-21-16)9-11-4-2-3-5-13(11)17/h2-8,20H,9H2,1H3. The lowest BCUT2D eigenvalue weighted by Crippen LogP contribution is -1.94. The van der Waals surface area contributed by atoms with Gasteiger partial charge in [-0.05, 0) is 36.2 Å². The summed E-state index contributed by atoms with van der Waals surface area (Å²) in [4.78, 5) is 4.23. The van der Waals surface area contributed by atoms with E-state index in [2.05, 4.69) is 10.1 Å². The first kappa shape index (κ1) is 13.3. The minimum Gasteiger partial charge on any atom is -0.508 e. The fraction of sp³-hybridized carbons (Fsp3) is 0.125. The summed E-state index contributed by atoms with van der Waals surface area (Å²) in [5.41, 5.74) is 1.91. The summed E-state index contributed by atoms with van der Waals surface area (Å²) < 4.78 is 18.7. The lowest BCUT2D eigenvalue weighted by atomic mass is 10.1. The summed E-state index contributed by atoms with van der Waals surface area (Å²) in [6, 6.07) is 11.6. The SMILES string of the molecule is Cc1ccc(-c2nc(Cc3ccccc3F)no2)cc1O. The van der Waals surface area contributed by atoms with Crippen LogP contribution in [-0.2, 0) is 6.42 Å². The van der Waals surface area contributed by atoms with Crippen molar-refractivity contribution >= 4 is 0 Å². The van der Waals surface area contributed by atoms with Crippen molar-refractivity contribution in [3.8, 4) is 17.2 Å². The quantitative estimate of drug-likeness (QED) is 0.800. The van der Waals surface area contributed by atoms with Gasteiger partial charge in [0.05, 0.1) is 0 Å². The van der Waals surface area contributed by atoms with E-state index < -0.39 is 0 Å². The molecule has 0 saturated heterocycles. The fourth-order valence-electron chi connectivity index (χ4n) is 2.00. The highest BCUT2D eigenvalue weighted by atomic mass is 19.1. The minimum absolute atomic E-state index is 0.168. The number of aromatic nitrogens is 2. The second-order valence-corrected chi connectivity index (χ2v) is 4.79. The number of rotatable bonds is 3. The van der Waals surface area contributed by atoms with E-state index in [1.54, 1.807) is 43.3 Å². The number of aromatic hydroxyl groups is 1. The Morgan fingerprint density at radius 2 is 2.00 bits per heavy atom. The molecular weight excluding hydrogens is 271 g/mol. The Morgan fingerprint density at radius 3 is 2.76 bits per heavy atom. The number of hydrogen-bond acceptors (Lipinski definition) is 4. The molecule has 21 heavy (non-hydrogen) atoms. The van der Waals surface area contributed by atoms with Crippen LogP contribution in [0.3, 0.4) is 0 Å². The molecule has 0 aliphatic rings. The number of aryl methyl sites for hydroxylation is 1. The van der Waals surface area contributed by atoms with Gasteiger partial charge in [-0.15, -0.1) is 0 Å². The lowest BCUT2D eigenvalue weighted by molar-refractivity contribution is 0.422. The first-order chi connectivity index (χ1) is 10.1. The van der Waals surface area contributed by atoms with Crippen LogP contribution in [0.2, 0.25) is 0 Å². The molecule has 2 aromatic carbocycles. The maximum Gasteiger partial charge on any atom is 0.258 e. The molecule has 3 aromatic rings. The van der Waals surface area contributed by atoms with Crippen molar-refractivity contribution in [1.82, 2.24) is 10.1 Å². The Kier molecular flexibility index (Phi) is 3.39. The highest BCUT2D eigenvalue weighted by Crippen LogP contribution is 2.25. The van der Waals surface area contributed by atoms with Gasteiger partial charge < -0.3 is 9.63 Å². The number of phenols is 1. The first-order valence-corrected chi connectivity index (χ1v) is 6.49. The second-order valence-electron chi connectivity index (χ2n) is 4.79. The van der Waals surface area contributed by atoms with Crippen LogP contribution in [0.5, 0.6) is 5.75 Å². The lowest BCUT2D eigenvalue weighted by Gasteiger charge is -1.99. The van der Waals surface area contributed by atoms with Gasteiger partial charge in [-0.25, -0.2) is 4.39 Å². The zero-order valence-electron chi connectivity index (χ0n) is 11.4. The van der Waals surface area contributed by atoms with E-state index in [1.807, 2.05) is 0 Å². The van der Waals surface area contributed by atoms with Crippen LogP contribution in [0.1, 0.15) is 17.0 Å². The van der Waals surface area contributed by atoms with Crippen LogP contribution >= 0.6 is 0 Å². The predicted molar refractivity (Wildman–Crippen MR) is 75.3 cm³/mol. The first-order valence-electron chi connectivity index (χ1n) is 6.49. The highest BCUT2D eigenvalue weighted by molar-refractivity contribution is 5.57. The van der Waals surface area contributed by atoms with E-state index >= 15 is 0 Å². The average molecular weight is 284 g/mol. The molecule has 0 amide bonds. The van der Waals surface area contributed by atoms with Crippen LogP contribution in [0.4, 0.5) is 4.39 Å². The molecule has 0 atom stereocenters. The van der Waals surface area contributed by atoms with Crippen molar-refractivity contribution in [3.63, 3.8) is 0 Å². The van der Waals surface area contributed by atoms with Crippen molar-refractivity contribution in [3.05, 3.63) is 65.2 Å². The van der Waals surface area contributed by atoms with Gasteiger partial charge in [0.1, 0.15) is 11.6 Å². The smallest absolute Gasteiger partial charge is 0.258 e. The summed E-state index contributed by atoms with van der Waals surface area (Å²) in [5.74, 6) is 0.574. The van der Waals surface area contributed by atoms with Crippen LogP contribution in [0.15, 0.2) is 47.0 Å². The molecule has 0 bridgehead atoms. The van der Waals surface area contributed by atoms with Crippen LogP contribution in [0.25, 0.3) is 11.5 Å². The Bertz CT molecular complexity index is 783. The largest absolute Gasteiger partial charge is 0.508 e. The van der Waals surface area contributed by atoms with Gasteiger partial charge in [0.25, 0.3) is 5.89 Å². The molecule has 3 rings (SSSR count). The van der Waals surface area contributed by atoms with Gasteiger partial charge in [-0.3, -0.25) is 0 Å². The van der Waals surface area contributed by atoms with Crippen molar-refractivity contribution in [2.75, 3.05) is 0 Å². The van der Waals surface area contributed by atoms with Gasteiger partial charge in [0.2, 0.25) is 0 Å². The van der Waals surface area contributed by atoms with Crippen molar-refractivity contribution in [2.24, 2.45) is 0 Å². The third-order valence-electron chi connectivity index (χ3n) is 3.23. The predicted octanol–water partition coefficient (Wildman–Crippen LogP) is 3.48. The van der Waals surface area contributed by atoms with Crippen molar-refractivity contribution < 1.29 is 14.0 Å². The maximum absolute atomic E-state index is 13.6. The Balaban J connectivity index is 1.86. The molecule has 0 saturated carbocycles. The average Bonchev–Trinajstić information content (AvgIpc) is 2.93. The molecule has 0 aliphatic carbocycles. The van der Waals surface area contributed by atoms with E-state index in [4.69, 9.17) is 4.52 Å². The van der Waals surface area contributed by atoms with Crippen molar-refractivity contribution in [1.29, 1.82) is 0 Å². The molecule has 0 spiro atoms. The summed E-state index contributed by atoms with van der Waals surface area (Å²) in [7, 11) is 0. The number of phenolic OH excluding ortho intramolecular Hbond substituents is 1. The number of benzene rings is 2. The van der Waals surface area contributed by atoms with Gasteiger partial charge in [0.15, 0.2) is 5.82 Å². The molecule has 1 heterocycles. The normalized spacial score (nSPS) is 10.8. The molecule has 0 fully saturated rings. The zero-order chi connectivity index (χ0) is 14.8. The highest BCUT2D eigenvalue weighted by Gasteiger charge is 2.12. The minimum atomic E-state index is -0.295. The monoisotopic (exact) mass is 284 g/mol. The van der Waals surface area contributed by atoms with Gasteiger partial charge in [-0.2, -0.15) is 4.98 Å². The molecule has 0 radical (unpaired) electrons. The number of hydrogen-bond donors (Lipinski definition) is 1. The number of halogens is 1. The van der Waals surface area contributed by atoms with Crippen molar-refractivity contribution in [2.45, 2.75) is 13.3 Å². The molecule has 5 heteroatoms. The fourth-order valence-corrected chi connectivity index (χ4v) is 2.00. The van der Waals surface area contributed by atoms with Gasteiger partial charge >= 0.3 is 0 Å². The summed E-state index contributed by atoms with van der Waals surface area (Å²) >= 11 is 0. The van der Waals surface area contributed by atoms with E-state index in [1.165, 1.54) is 6.07 Å². The van der Waals surface area contributed by atoms with Crippen LogP contribution < -0.4 is 0 Å². The molecule has 0 unspecified atom stereocenters. The second kappa shape index (κ2) is 5.36. The Labute approximate surface area is 120 Å². The third-order valence-corrected chi connectivity index (χ3v) is 3.23. The number of nitrogens with zero attached hydrogens (tertiary/aromatic N) is 2. The Morgan fingerprint density at radius 1 is 1.19 bits per heavy atom. The maximum atomic E-state index is 13.6. The molecule has 1 N–H and O–H groups in total. The molecule has 0 aliphatic heterocycles. The van der Waals surface area contributed by atoms with E-state index in [0.29, 0.717) is 22.8 Å². The van der Waals surface area contributed by atoms with Gasteiger partial charge in [-0.1, -0.05) is 29.4 Å². The van der Waals surface area contributed by atoms with Crippen LogP contribution in [0, 0.1) is 12.7 Å². The van der Waals surface area contributed by atoms with E-state index in [-0.39, 0.29) is 18.0 Å². The summed E-state index contributed by atoms with van der Waals surface area (Å²) in [6.45, 7) is 1.80. The van der Waals surface area contributed by atoms with Gasteiger partial charge in [0, 0.05) is 12.0 Å². The molecule has 1 aromatic heterocycles. The molecular formula is C16H13FN2O2. The third kappa shape index (κ3) is 2.76. The summed E-state index contributed by atoms with van der Waals surface area (Å²) in [6.07, 6.45) is 0.258. The van der Waals surface area contributed by atoms with E-state index in [9.17, 15) is 9.50 Å². The molecule has 106 valence electrons. The van der Waals surface area contributed by atoms with E-state index in [0.717, 1.165) is 5.56 Å². The summed E-state index contributed by atoms with van der Waals surface area (Å²) in [5, 5.41) is 13.5. The Hall–Kier alpha value is -2.69. The molecule has 4 nitrogen and oxygen atoms in total.